The zero-order chi connectivity index (χ0) is 28.3. The van der Waals surface area contributed by atoms with Crippen LogP contribution in [-0.2, 0) is 28.9 Å². The number of fused-ring (bicyclic) bond motifs is 1. The second-order valence-corrected chi connectivity index (χ2v) is 10.5. The van der Waals surface area contributed by atoms with Crippen molar-refractivity contribution in [1.29, 1.82) is 0 Å². The monoisotopic (exact) mass is 554 g/mol. The van der Waals surface area contributed by atoms with Gasteiger partial charge < -0.3 is 19.5 Å². The van der Waals surface area contributed by atoms with Gasteiger partial charge >= 0.3 is 5.69 Å². The molecule has 206 valence electrons. The van der Waals surface area contributed by atoms with E-state index in [1.165, 1.54) is 41.6 Å². The fraction of sp³-hybridized carbons (Fsp3) is 0.259. The molecule has 0 fully saturated rings. The van der Waals surface area contributed by atoms with Gasteiger partial charge in [-0.25, -0.2) is 13.2 Å². The van der Waals surface area contributed by atoms with Crippen molar-refractivity contribution in [2.24, 2.45) is 14.1 Å². The van der Waals surface area contributed by atoms with Crippen LogP contribution in [0.5, 0.6) is 17.2 Å². The zero-order valence-corrected chi connectivity index (χ0v) is 23.1. The highest BCUT2D eigenvalue weighted by molar-refractivity contribution is 7.92. The molecule has 1 aromatic heterocycles. The number of sulfonamides is 1. The first kappa shape index (κ1) is 27.6. The van der Waals surface area contributed by atoms with E-state index < -0.39 is 22.5 Å². The molecule has 1 N–H and O–H groups in total. The first-order valence-electron chi connectivity index (χ1n) is 12.0. The number of carbonyl (C=O) groups is 1. The molecule has 4 aromatic rings. The minimum absolute atomic E-state index is 0.0810. The van der Waals surface area contributed by atoms with Crippen LogP contribution in [0.25, 0.3) is 11.0 Å². The van der Waals surface area contributed by atoms with Gasteiger partial charge in [-0.3, -0.25) is 18.2 Å². The molecule has 4 rings (SSSR count). The van der Waals surface area contributed by atoms with Crippen LogP contribution in [0, 0.1) is 0 Å². The first-order valence-corrected chi connectivity index (χ1v) is 13.5. The molecule has 0 bridgehead atoms. The lowest BCUT2D eigenvalue weighted by Gasteiger charge is -2.25. The Balaban J connectivity index is 1.69. The highest BCUT2D eigenvalue weighted by Gasteiger charge is 2.28. The molecule has 11 nitrogen and oxygen atoms in total. The smallest absolute Gasteiger partial charge is 0.328 e. The lowest BCUT2D eigenvalue weighted by molar-refractivity contribution is -0.114. The molecule has 1 amide bonds. The largest absolute Gasteiger partial charge is 0.494 e. The quantitative estimate of drug-likeness (QED) is 0.320. The van der Waals surface area contributed by atoms with Gasteiger partial charge in [0.25, 0.3) is 10.0 Å². The fourth-order valence-corrected chi connectivity index (χ4v) is 5.65. The lowest BCUT2D eigenvalue weighted by atomic mass is 10.2. The van der Waals surface area contributed by atoms with Crippen LogP contribution in [0.1, 0.15) is 6.92 Å². The number of benzene rings is 3. The van der Waals surface area contributed by atoms with Gasteiger partial charge in [-0.05, 0) is 61.5 Å². The van der Waals surface area contributed by atoms with Crippen LogP contribution in [0.3, 0.4) is 0 Å². The Hall–Kier alpha value is -4.45. The zero-order valence-electron chi connectivity index (χ0n) is 22.3. The van der Waals surface area contributed by atoms with Crippen molar-refractivity contribution in [3.8, 4) is 17.2 Å². The van der Waals surface area contributed by atoms with Gasteiger partial charge in [0, 0.05) is 25.8 Å². The number of nitrogens with zero attached hydrogens (tertiary/aromatic N) is 3. The molecule has 0 atom stereocenters. The highest BCUT2D eigenvalue weighted by atomic mass is 32.2. The van der Waals surface area contributed by atoms with Gasteiger partial charge in [-0.1, -0.05) is 0 Å². The summed E-state index contributed by atoms with van der Waals surface area (Å²) < 4.78 is 47.7. The number of aryl methyl sites for hydroxylation is 2. The van der Waals surface area contributed by atoms with E-state index in [1.54, 1.807) is 56.6 Å². The molecular formula is C27H30N4O7S. The number of rotatable bonds is 10. The molecule has 0 saturated carbocycles. The number of anilines is 2. The van der Waals surface area contributed by atoms with Crippen molar-refractivity contribution in [3.63, 3.8) is 0 Å². The summed E-state index contributed by atoms with van der Waals surface area (Å²) in [6.45, 7) is 1.78. The number of ether oxygens (including phenoxy) is 3. The Morgan fingerprint density at radius 1 is 0.897 bits per heavy atom. The molecule has 1 heterocycles. The number of imidazole rings is 1. The molecule has 0 unspecified atom stereocenters. The molecule has 0 spiro atoms. The maximum absolute atomic E-state index is 13.8. The molecule has 12 heteroatoms. The maximum atomic E-state index is 13.8. The van der Waals surface area contributed by atoms with Crippen LogP contribution in [0.4, 0.5) is 11.4 Å². The summed E-state index contributed by atoms with van der Waals surface area (Å²) in [6.07, 6.45) is 0. The van der Waals surface area contributed by atoms with E-state index in [2.05, 4.69) is 5.32 Å². The van der Waals surface area contributed by atoms with Crippen molar-refractivity contribution in [3.05, 3.63) is 71.1 Å². The molecule has 0 aliphatic heterocycles. The molecule has 0 saturated heterocycles. The topological polar surface area (TPSA) is 121 Å². The Morgan fingerprint density at radius 3 is 2.21 bits per heavy atom. The molecule has 0 aliphatic carbocycles. The summed E-state index contributed by atoms with van der Waals surface area (Å²) in [7, 11) is 1.94. The van der Waals surface area contributed by atoms with Crippen molar-refractivity contribution in [2.45, 2.75) is 11.8 Å². The number of methoxy groups -OCH3 is 2. The normalized spacial score (nSPS) is 11.3. The predicted molar refractivity (Wildman–Crippen MR) is 148 cm³/mol. The van der Waals surface area contributed by atoms with Crippen LogP contribution < -0.4 is 29.5 Å². The second-order valence-electron chi connectivity index (χ2n) is 8.61. The van der Waals surface area contributed by atoms with Crippen LogP contribution in [0.2, 0.25) is 0 Å². The number of hydrogen-bond donors (Lipinski definition) is 1. The summed E-state index contributed by atoms with van der Waals surface area (Å²) >= 11 is 0. The molecule has 0 aliphatic rings. The van der Waals surface area contributed by atoms with Crippen LogP contribution in [-0.4, -0.2) is 50.8 Å². The van der Waals surface area contributed by atoms with Crippen molar-refractivity contribution >= 4 is 38.3 Å². The summed E-state index contributed by atoms with van der Waals surface area (Å²) in [5.41, 5.74) is 1.82. The molecule has 0 radical (unpaired) electrons. The van der Waals surface area contributed by atoms with Gasteiger partial charge in [-0.15, -0.1) is 0 Å². The van der Waals surface area contributed by atoms with Gasteiger partial charge in [-0.2, -0.15) is 0 Å². The van der Waals surface area contributed by atoms with E-state index in [0.717, 1.165) is 4.31 Å². The second kappa shape index (κ2) is 11.1. The molecule has 3 aromatic carbocycles. The average Bonchev–Trinajstić information content (AvgIpc) is 3.15. The Bertz CT molecular complexity index is 1680. The Kier molecular flexibility index (Phi) is 7.86. The summed E-state index contributed by atoms with van der Waals surface area (Å²) in [5, 5.41) is 2.75. The molecule has 39 heavy (non-hydrogen) atoms. The van der Waals surface area contributed by atoms with Gasteiger partial charge in [0.1, 0.15) is 12.3 Å². The van der Waals surface area contributed by atoms with E-state index in [1.807, 2.05) is 6.92 Å². The number of nitrogens with one attached hydrogen (secondary N) is 1. The van der Waals surface area contributed by atoms with Crippen LogP contribution >= 0.6 is 0 Å². The number of aromatic nitrogens is 2. The van der Waals surface area contributed by atoms with Crippen molar-refractivity contribution in [1.82, 2.24) is 9.13 Å². The van der Waals surface area contributed by atoms with E-state index >= 15 is 0 Å². The Labute approximate surface area is 226 Å². The summed E-state index contributed by atoms with van der Waals surface area (Å²) in [6, 6.07) is 15.7. The minimum Gasteiger partial charge on any atom is -0.494 e. The van der Waals surface area contributed by atoms with Crippen molar-refractivity contribution in [2.75, 3.05) is 37.0 Å². The third-order valence-corrected chi connectivity index (χ3v) is 7.99. The van der Waals surface area contributed by atoms with E-state index in [9.17, 15) is 18.0 Å². The van der Waals surface area contributed by atoms with Gasteiger partial charge in [0.05, 0.1) is 42.4 Å². The van der Waals surface area contributed by atoms with Gasteiger partial charge in [0.2, 0.25) is 5.91 Å². The van der Waals surface area contributed by atoms with E-state index in [-0.39, 0.29) is 22.0 Å². The third-order valence-electron chi connectivity index (χ3n) is 6.22. The predicted octanol–water partition coefficient (Wildman–Crippen LogP) is 3.13. The average molecular weight is 555 g/mol. The maximum Gasteiger partial charge on any atom is 0.328 e. The lowest BCUT2D eigenvalue weighted by Crippen LogP contribution is -2.38. The highest BCUT2D eigenvalue weighted by Crippen LogP contribution is 2.32. The SMILES string of the molecule is CCOc1ccc(N(CC(=O)Nc2ccc3c(c2)n(C)c(=O)n3C)S(=O)(=O)c2ccc(OC)c(OC)c2)cc1. The number of carbonyl (C=O) groups excluding carboxylic acids is 1. The summed E-state index contributed by atoms with van der Waals surface area (Å²) in [5.74, 6) is 0.591. The van der Waals surface area contributed by atoms with Crippen LogP contribution in [0.15, 0.2) is 70.4 Å². The minimum atomic E-state index is -4.22. The Morgan fingerprint density at radius 2 is 1.56 bits per heavy atom. The van der Waals surface area contributed by atoms with E-state index in [4.69, 9.17) is 14.2 Å². The third kappa shape index (κ3) is 5.41. The first-order chi connectivity index (χ1) is 18.6. The van der Waals surface area contributed by atoms with Gasteiger partial charge in [0.15, 0.2) is 11.5 Å². The summed E-state index contributed by atoms with van der Waals surface area (Å²) in [4.78, 5) is 25.4. The fourth-order valence-electron chi connectivity index (χ4n) is 4.21. The molecular weight excluding hydrogens is 524 g/mol. The number of hydrogen-bond acceptors (Lipinski definition) is 7. The number of amides is 1. The van der Waals surface area contributed by atoms with Crippen molar-refractivity contribution < 1.29 is 27.4 Å². The standard InChI is InChI=1S/C27H30N4O7S/c1-6-38-20-10-8-19(9-11-20)31(39(34,35)21-12-14-24(36-4)25(16-21)37-5)17-26(32)28-18-7-13-22-23(15-18)30(3)27(33)29(22)2/h7-16H,6,17H2,1-5H3,(H,28,32). The van der Waals surface area contributed by atoms with E-state index in [0.29, 0.717) is 34.8 Å².